The Morgan fingerprint density at radius 2 is 1.59 bits per heavy atom. The number of halogens is 1. The van der Waals surface area contributed by atoms with Gasteiger partial charge in [0.25, 0.3) is 0 Å². The summed E-state index contributed by atoms with van der Waals surface area (Å²) < 4.78 is 0. The van der Waals surface area contributed by atoms with Crippen LogP contribution < -0.4 is 4.90 Å². The van der Waals surface area contributed by atoms with E-state index in [2.05, 4.69) is 56.9 Å². The van der Waals surface area contributed by atoms with Crippen molar-refractivity contribution >= 4 is 23.2 Å². The molecule has 0 spiro atoms. The van der Waals surface area contributed by atoms with E-state index in [9.17, 15) is 4.79 Å². The van der Waals surface area contributed by atoms with Crippen molar-refractivity contribution in [3.05, 3.63) is 64.7 Å². The lowest BCUT2D eigenvalue weighted by Crippen LogP contribution is -2.49. The molecule has 1 aliphatic rings. The van der Waals surface area contributed by atoms with Crippen LogP contribution in [0.3, 0.4) is 0 Å². The highest BCUT2D eigenvalue weighted by Gasteiger charge is 2.29. The van der Waals surface area contributed by atoms with E-state index in [0.29, 0.717) is 23.4 Å². The summed E-state index contributed by atoms with van der Waals surface area (Å²) in [6.07, 6.45) is 2.42. The molecule has 0 unspecified atom stereocenters. The van der Waals surface area contributed by atoms with Crippen LogP contribution in [-0.2, 0) is 11.2 Å². The first kappa shape index (κ1) is 21.9. The molecular weight excluding hydrogens is 380 g/mol. The molecule has 0 N–H and O–H groups in total. The van der Waals surface area contributed by atoms with E-state index in [1.807, 2.05) is 29.2 Å². The highest BCUT2D eigenvalue weighted by atomic mass is 35.5. The summed E-state index contributed by atoms with van der Waals surface area (Å²) >= 11 is 6.10. The molecule has 2 aromatic rings. The Balaban J connectivity index is 1.79. The lowest BCUT2D eigenvalue weighted by atomic mass is 9.98. The normalized spacial score (nSPS) is 15.8. The molecule has 1 amide bonds. The van der Waals surface area contributed by atoms with Crippen molar-refractivity contribution in [1.29, 1.82) is 0 Å². The maximum atomic E-state index is 13.4. The summed E-state index contributed by atoms with van der Waals surface area (Å²) in [7, 11) is 0. The molecule has 2 aromatic carbocycles. The molecule has 4 heteroatoms. The smallest absolute Gasteiger partial charge is 0.231 e. The fourth-order valence-electron chi connectivity index (χ4n) is 4.10. The zero-order valence-electron chi connectivity index (χ0n) is 18.1. The second kappa shape index (κ2) is 9.77. The summed E-state index contributed by atoms with van der Waals surface area (Å²) in [5.74, 6) is 0.657. The van der Waals surface area contributed by atoms with Gasteiger partial charge in [0.2, 0.25) is 5.91 Å². The third-order valence-corrected chi connectivity index (χ3v) is 6.22. The summed E-state index contributed by atoms with van der Waals surface area (Å²) in [5, 5.41) is 0.694. The molecule has 1 heterocycles. The Kier molecular flexibility index (Phi) is 7.37. The fraction of sp³-hybridized carbons (Fsp3) is 0.480. The van der Waals surface area contributed by atoms with E-state index in [1.165, 1.54) is 5.56 Å². The van der Waals surface area contributed by atoms with E-state index in [0.717, 1.165) is 37.2 Å². The minimum Gasteiger partial charge on any atom is -0.309 e. The Bertz CT molecular complexity index is 791. The first-order valence-corrected chi connectivity index (χ1v) is 11.1. The molecule has 156 valence electrons. The molecule has 0 aromatic heterocycles. The van der Waals surface area contributed by atoms with Crippen LogP contribution in [0, 0.1) is 0 Å². The second-order valence-electron chi connectivity index (χ2n) is 8.67. The number of nitrogens with zero attached hydrogens (tertiary/aromatic N) is 2. The first-order chi connectivity index (χ1) is 13.8. The highest BCUT2D eigenvalue weighted by molar-refractivity contribution is 6.30. The van der Waals surface area contributed by atoms with Crippen LogP contribution in [0.2, 0.25) is 5.02 Å². The number of amides is 1. The minimum atomic E-state index is 0.160. The van der Waals surface area contributed by atoms with Gasteiger partial charge in [0, 0.05) is 35.9 Å². The lowest BCUT2D eigenvalue weighted by molar-refractivity contribution is -0.118. The van der Waals surface area contributed by atoms with Gasteiger partial charge in [-0.2, -0.15) is 0 Å². The van der Waals surface area contributed by atoms with Crippen molar-refractivity contribution in [3.8, 4) is 0 Å². The number of hydrogen-bond donors (Lipinski definition) is 0. The number of rotatable bonds is 6. The van der Waals surface area contributed by atoms with Gasteiger partial charge in [0.1, 0.15) is 0 Å². The van der Waals surface area contributed by atoms with Crippen LogP contribution in [-0.4, -0.2) is 36.0 Å². The van der Waals surface area contributed by atoms with Crippen LogP contribution in [0.5, 0.6) is 0 Å². The van der Waals surface area contributed by atoms with Crippen molar-refractivity contribution in [1.82, 2.24) is 4.90 Å². The van der Waals surface area contributed by atoms with E-state index in [4.69, 9.17) is 11.6 Å². The molecule has 29 heavy (non-hydrogen) atoms. The SMILES string of the molecule is CC(C)c1ccc(CC(=O)N(c2ccc(Cl)cc2)C2CCN(C(C)C)CC2)cc1. The van der Waals surface area contributed by atoms with E-state index >= 15 is 0 Å². The summed E-state index contributed by atoms with van der Waals surface area (Å²) in [5.41, 5.74) is 3.32. The van der Waals surface area contributed by atoms with Gasteiger partial charge in [-0.05, 0) is 68.0 Å². The molecule has 0 saturated carbocycles. The largest absolute Gasteiger partial charge is 0.309 e. The number of carbonyl (C=O) groups is 1. The third kappa shape index (κ3) is 5.61. The Morgan fingerprint density at radius 1 is 1.00 bits per heavy atom. The lowest BCUT2D eigenvalue weighted by Gasteiger charge is -2.40. The van der Waals surface area contributed by atoms with Crippen LogP contribution in [0.1, 0.15) is 57.6 Å². The average molecular weight is 413 g/mol. The van der Waals surface area contributed by atoms with Gasteiger partial charge in [0.05, 0.1) is 6.42 Å². The number of piperidine rings is 1. The molecule has 3 rings (SSSR count). The predicted octanol–water partition coefficient (Wildman–Crippen LogP) is 5.91. The molecule has 0 aliphatic carbocycles. The van der Waals surface area contributed by atoms with Crippen LogP contribution in [0.25, 0.3) is 0 Å². The average Bonchev–Trinajstić information content (AvgIpc) is 2.70. The van der Waals surface area contributed by atoms with Crippen LogP contribution >= 0.6 is 11.6 Å². The zero-order valence-corrected chi connectivity index (χ0v) is 18.8. The van der Waals surface area contributed by atoms with E-state index in [-0.39, 0.29) is 11.9 Å². The number of benzene rings is 2. The number of anilines is 1. The van der Waals surface area contributed by atoms with Gasteiger partial charge in [-0.25, -0.2) is 0 Å². The topological polar surface area (TPSA) is 23.6 Å². The zero-order chi connectivity index (χ0) is 21.0. The van der Waals surface area contributed by atoms with E-state index in [1.54, 1.807) is 0 Å². The van der Waals surface area contributed by atoms with Crippen LogP contribution in [0.4, 0.5) is 5.69 Å². The monoisotopic (exact) mass is 412 g/mol. The predicted molar refractivity (Wildman–Crippen MR) is 123 cm³/mol. The third-order valence-electron chi connectivity index (χ3n) is 5.97. The molecule has 1 aliphatic heterocycles. The fourth-order valence-corrected chi connectivity index (χ4v) is 4.23. The van der Waals surface area contributed by atoms with Gasteiger partial charge in [-0.1, -0.05) is 49.7 Å². The van der Waals surface area contributed by atoms with Gasteiger partial charge in [-0.3, -0.25) is 4.79 Å². The number of carbonyl (C=O) groups excluding carboxylic acids is 1. The maximum absolute atomic E-state index is 13.4. The van der Waals surface area contributed by atoms with Crippen molar-refractivity contribution in [2.24, 2.45) is 0 Å². The van der Waals surface area contributed by atoms with Crippen molar-refractivity contribution in [2.45, 2.75) is 65.0 Å². The summed E-state index contributed by atoms with van der Waals surface area (Å²) in [4.78, 5) is 17.9. The van der Waals surface area contributed by atoms with Crippen LogP contribution in [0.15, 0.2) is 48.5 Å². The molecular formula is C25H33ClN2O. The Morgan fingerprint density at radius 3 is 2.10 bits per heavy atom. The quantitative estimate of drug-likeness (QED) is 0.588. The number of likely N-dealkylation sites (tertiary alicyclic amines) is 1. The molecule has 3 nitrogen and oxygen atoms in total. The molecule has 0 radical (unpaired) electrons. The van der Waals surface area contributed by atoms with Gasteiger partial charge in [-0.15, -0.1) is 0 Å². The van der Waals surface area contributed by atoms with Crippen molar-refractivity contribution < 1.29 is 4.79 Å². The van der Waals surface area contributed by atoms with Gasteiger partial charge in [0.15, 0.2) is 0 Å². The number of hydrogen-bond acceptors (Lipinski definition) is 2. The van der Waals surface area contributed by atoms with Crippen molar-refractivity contribution in [3.63, 3.8) is 0 Å². The second-order valence-corrected chi connectivity index (χ2v) is 9.11. The minimum absolute atomic E-state index is 0.160. The Hall–Kier alpha value is -1.84. The summed E-state index contributed by atoms with van der Waals surface area (Å²) in [6.45, 7) is 10.9. The standard InChI is InChI=1S/C25H33ClN2O/c1-18(2)21-7-5-20(6-8-21)17-25(29)28(23-11-9-22(26)10-12-23)24-13-15-27(16-14-24)19(3)4/h5-12,18-19,24H,13-17H2,1-4H3. The van der Waals surface area contributed by atoms with Crippen molar-refractivity contribution in [2.75, 3.05) is 18.0 Å². The molecule has 1 fully saturated rings. The van der Waals surface area contributed by atoms with Gasteiger partial charge < -0.3 is 9.80 Å². The maximum Gasteiger partial charge on any atom is 0.231 e. The first-order valence-electron chi connectivity index (χ1n) is 10.8. The summed E-state index contributed by atoms with van der Waals surface area (Å²) in [6, 6.07) is 16.9. The highest BCUT2D eigenvalue weighted by Crippen LogP contribution is 2.27. The molecule has 0 bridgehead atoms. The molecule has 0 atom stereocenters. The molecule has 1 saturated heterocycles. The van der Waals surface area contributed by atoms with E-state index < -0.39 is 0 Å². The Labute approximate surface area is 180 Å². The van der Waals surface area contributed by atoms with Gasteiger partial charge >= 0.3 is 0 Å².